The molecule has 0 spiro atoms. The molecule has 2 rings (SSSR count). The third-order valence-electron chi connectivity index (χ3n) is 4.48. The van der Waals surface area contributed by atoms with Gasteiger partial charge in [-0.05, 0) is 50.1 Å². The number of hydrogen-bond acceptors (Lipinski definition) is 3. The summed E-state index contributed by atoms with van der Waals surface area (Å²) in [5.41, 5.74) is 1.12. The highest BCUT2D eigenvalue weighted by Gasteiger charge is 2.21. The molecule has 0 amide bonds. The number of piperidine rings is 1. The molecule has 20 heavy (non-hydrogen) atoms. The van der Waals surface area contributed by atoms with Crippen molar-refractivity contribution in [2.75, 3.05) is 13.1 Å². The van der Waals surface area contributed by atoms with Crippen molar-refractivity contribution in [2.24, 2.45) is 17.8 Å². The summed E-state index contributed by atoms with van der Waals surface area (Å²) < 4.78 is 2.00. The molecule has 1 aromatic rings. The number of hydrogen-bond donors (Lipinski definition) is 0. The lowest BCUT2D eigenvalue weighted by Crippen LogP contribution is -2.34. The third-order valence-corrected chi connectivity index (χ3v) is 4.48. The molecular formula is C16H30N4. The summed E-state index contributed by atoms with van der Waals surface area (Å²) >= 11 is 0. The Morgan fingerprint density at radius 3 is 2.50 bits per heavy atom. The molecular weight excluding hydrogens is 248 g/mol. The lowest BCUT2D eigenvalue weighted by Gasteiger charge is -2.33. The van der Waals surface area contributed by atoms with Crippen molar-refractivity contribution in [3.8, 4) is 0 Å². The fourth-order valence-electron chi connectivity index (χ4n) is 2.92. The standard InChI is InChI=1S/C16H30N4/c1-13(2)5-10-20-12-16(17-18-20)11-19-8-6-15(7-9-19)14(3)4/h12-15H,5-11H2,1-4H3. The molecule has 0 aliphatic carbocycles. The second kappa shape index (κ2) is 7.21. The summed E-state index contributed by atoms with van der Waals surface area (Å²) in [6, 6.07) is 0. The Hall–Kier alpha value is -0.900. The van der Waals surface area contributed by atoms with Gasteiger partial charge in [0.1, 0.15) is 0 Å². The van der Waals surface area contributed by atoms with E-state index in [1.165, 1.54) is 32.4 Å². The van der Waals surface area contributed by atoms with Gasteiger partial charge in [-0.15, -0.1) is 5.10 Å². The Morgan fingerprint density at radius 1 is 1.20 bits per heavy atom. The molecule has 4 heteroatoms. The molecule has 0 N–H and O–H groups in total. The van der Waals surface area contributed by atoms with Crippen LogP contribution in [0.15, 0.2) is 6.20 Å². The predicted molar refractivity (Wildman–Crippen MR) is 82.3 cm³/mol. The highest BCUT2D eigenvalue weighted by molar-refractivity contribution is 4.93. The number of rotatable bonds is 6. The molecule has 0 aromatic carbocycles. The maximum absolute atomic E-state index is 4.31. The quantitative estimate of drug-likeness (QED) is 0.801. The molecule has 1 fully saturated rings. The molecule has 4 nitrogen and oxygen atoms in total. The van der Waals surface area contributed by atoms with Crippen LogP contribution < -0.4 is 0 Å². The topological polar surface area (TPSA) is 34.0 Å². The lowest BCUT2D eigenvalue weighted by atomic mass is 9.87. The van der Waals surface area contributed by atoms with Gasteiger partial charge in [0.25, 0.3) is 0 Å². The lowest BCUT2D eigenvalue weighted by molar-refractivity contribution is 0.150. The van der Waals surface area contributed by atoms with Crippen LogP contribution in [-0.2, 0) is 13.1 Å². The second-order valence-electron chi connectivity index (χ2n) is 7.01. The van der Waals surface area contributed by atoms with E-state index in [2.05, 4.69) is 49.1 Å². The first-order valence-electron chi connectivity index (χ1n) is 8.16. The molecule has 1 aromatic heterocycles. The zero-order chi connectivity index (χ0) is 14.5. The number of aryl methyl sites for hydroxylation is 1. The van der Waals surface area contributed by atoms with Gasteiger partial charge in [-0.1, -0.05) is 32.9 Å². The first-order valence-corrected chi connectivity index (χ1v) is 8.16. The van der Waals surface area contributed by atoms with Crippen molar-refractivity contribution < 1.29 is 0 Å². The summed E-state index contributed by atoms with van der Waals surface area (Å²) in [6.07, 6.45) is 5.96. The van der Waals surface area contributed by atoms with Crippen LogP contribution in [0.1, 0.15) is 52.7 Å². The molecule has 0 radical (unpaired) electrons. The van der Waals surface area contributed by atoms with Crippen LogP contribution in [0.3, 0.4) is 0 Å². The van der Waals surface area contributed by atoms with E-state index in [-0.39, 0.29) is 0 Å². The normalized spacial score (nSPS) is 18.3. The Kier molecular flexibility index (Phi) is 5.58. The molecule has 1 saturated heterocycles. The Labute approximate surface area is 123 Å². The van der Waals surface area contributed by atoms with Crippen LogP contribution in [-0.4, -0.2) is 33.0 Å². The largest absolute Gasteiger partial charge is 0.297 e. The van der Waals surface area contributed by atoms with Gasteiger partial charge in [0.05, 0.1) is 5.69 Å². The van der Waals surface area contributed by atoms with Crippen molar-refractivity contribution in [1.29, 1.82) is 0 Å². The van der Waals surface area contributed by atoms with E-state index in [0.29, 0.717) is 0 Å². The van der Waals surface area contributed by atoms with Gasteiger partial charge < -0.3 is 0 Å². The number of nitrogens with zero attached hydrogens (tertiary/aromatic N) is 4. The van der Waals surface area contributed by atoms with Gasteiger partial charge in [-0.2, -0.15) is 0 Å². The zero-order valence-corrected chi connectivity index (χ0v) is 13.5. The van der Waals surface area contributed by atoms with E-state index >= 15 is 0 Å². The van der Waals surface area contributed by atoms with Gasteiger partial charge in [-0.3, -0.25) is 9.58 Å². The van der Waals surface area contributed by atoms with Gasteiger partial charge in [-0.25, -0.2) is 0 Å². The van der Waals surface area contributed by atoms with Crippen molar-refractivity contribution in [2.45, 2.75) is 60.0 Å². The molecule has 0 saturated carbocycles. The first kappa shape index (κ1) is 15.5. The molecule has 1 aliphatic heterocycles. The van der Waals surface area contributed by atoms with Gasteiger partial charge in [0.15, 0.2) is 0 Å². The van der Waals surface area contributed by atoms with Crippen molar-refractivity contribution in [1.82, 2.24) is 19.9 Å². The van der Waals surface area contributed by atoms with Crippen molar-refractivity contribution in [3.63, 3.8) is 0 Å². The van der Waals surface area contributed by atoms with Crippen LogP contribution in [0.5, 0.6) is 0 Å². The minimum Gasteiger partial charge on any atom is -0.297 e. The number of aromatic nitrogens is 3. The van der Waals surface area contributed by atoms with Crippen LogP contribution in [0.25, 0.3) is 0 Å². The molecule has 114 valence electrons. The Bertz CT molecular complexity index is 389. The van der Waals surface area contributed by atoms with Crippen LogP contribution in [0.4, 0.5) is 0 Å². The highest BCUT2D eigenvalue weighted by Crippen LogP contribution is 2.24. The monoisotopic (exact) mass is 278 g/mol. The van der Waals surface area contributed by atoms with Gasteiger partial charge in [0, 0.05) is 19.3 Å². The SMILES string of the molecule is CC(C)CCn1cc(CN2CCC(C(C)C)CC2)nn1. The van der Waals surface area contributed by atoms with E-state index in [1.807, 2.05) is 4.68 Å². The van der Waals surface area contributed by atoms with Gasteiger partial charge in [0.2, 0.25) is 0 Å². The van der Waals surface area contributed by atoms with Crippen LogP contribution in [0.2, 0.25) is 0 Å². The maximum Gasteiger partial charge on any atom is 0.0967 e. The van der Waals surface area contributed by atoms with E-state index in [4.69, 9.17) is 0 Å². The Morgan fingerprint density at radius 2 is 1.90 bits per heavy atom. The smallest absolute Gasteiger partial charge is 0.0967 e. The average molecular weight is 278 g/mol. The molecule has 1 aliphatic rings. The molecule has 0 unspecified atom stereocenters. The van der Waals surface area contributed by atoms with Crippen LogP contribution in [0, 0.1) is 17.8 Å². The minimum absolute atomic E-state index is 0.720. The highest BCUT2D eigenvalue weighted by atomic mass is 15.4. The Balaban J connectivity index is 1.77. The summed E-state index contributed by atoms with van der Waals surface area (Å²) in [4.78, 5) is 2.52. The fraction of sp³-hybridized carbons (Fsp3) is 0.875. The zero-order valence-electron chi connectivity index (χ0n) is 13.5. The summed E-state index contributed by atoms with van der Waals surface area (Å²) in [5.74, 6) is 2.46. The summed E-state index contributed by atoms with van der Waals surface area (Å²) in [6.45, 7) is 13.6. The predicted octanol–water partition coefficient (Wildman–Crippen LogP) is 3.19. The third kappa shape index (κ3) is 4.58. The maximum atomic E-state index is 4.31. The summed E-state index contributed by atoms with van der Waals surface area (Å²) in [5, 5.41) is 8.55. The van der Waals surface area contributed by atoms with Crippen molar-refractivity contribution >= 4 is 0 Å². The van der Waals surface area contributed by atoms with Crippen molar-refractivity contribution in [3.05, 3.63) is 11.9 Å². The minimum atomic E-state index is 0.720. The average Bonchev–Trinajstić information content (AvgIpc) is 2.84. The molecule has 0 bridgehead atoms. The van der Waals surface area contributed by atoms with E-state index in [0.717, 1.165) is 36.5 Å². The van der Waals surface area contributed by atoms with E-state index in [9.17, 15) is 0 Å². The second-order valence-corrected chi connectivity index (χ2v) is 7.01. The fourth-order valence-corrected chi connectivity index (χ4v) is 2.92. The number of likely N-dealkylation sites (tertiary alicyclic amines) is 1. The molecule has 2 heterocycles. The molecule has 0 atom stereocenters. The van der Waals surface area contributed by atoms with Crippen LogP contribution >= 0.6 is 0 Å². The van der Waals surface area contributed by atoms with Gasteiger partial charge >= 0.3 is 0 Å². The van der Waals surface area contributed by atoms with E-state index in [1.54, 1.807) is 0 Å². The van der Waals surface area contributed by atoms with E-state index < -0.39 is 0 Å². The first-order chi connectivity index (χ1) is 9.54. The summed E-state index contributed by atoms with van der Waals surface area (Å²) in [7, 11) is 0.